The quantitative estimate of drug-likeness (QED) is 0.583. The van der Waals surface area contributed by atoms with Crippen molar-refractivity contribution in [2.45, 2.75) is 6.54 Å². The molecule has 7 heteroatoms. The Morgan fingerprint density at radius 2 is 2.21 bits per heavy atom. The average Bonchev–Trinajstić information content (AvgIpc) is 2.51. The highest BCUT2D eigenvalue weighted by molar-refractivity contribution is 5.09. The molecule has 0 aliphatic carbocycles. The average molecular weight is 200 g/mol. The van der Waals surface area contributed by atoms with E-state index in [0.717, 1.165) is 6.54 Å². The number of hydrogen-bond donors (Lipinski definition) is 1. The molecular formula is C7H16N6O. The van der Waals surface area contributed by atoms with Crippen LogP contribution in [0.1, 0.15) is 0 Å². The van der Waals surface area contributed by atoms with Crippen molar-refractivity contribution in [1.29, 1.82) is 0 Å². The van der Waals surface area contributed by atoms with Gasteiger partial charge in [-0.1, -0.05) is 5.10 Å². The SMILES string of the molecule is CN(C)CCOCCn1nnnc1N. The van der Waals surface area contributed by atoms with Gasteiger partial charge in [0.05, 0.1) is 19.8 Å². The minimum atomic E-state index is 0.321. The Hall–Kier alpha value is -1.21. The van der Waals surface area contributed by atoms with Crippen LogP contribution >= 0.6 is 0 Å². The summed E-state index contributed by atoms with van der Waals surface area (Å²) >= 11 is 0. The molecule has 0 atom stereocenters. The molecule has 1 heterocycles. The Kier molecular flexibility index (Phi) is 4.27. The fourth-order valence-electron chi connectivity index (χ4n) is 0.871. The predicted octanol–water partition coefficient (Wildman–Crippen LogP) is -1.17. The number of nitrogens with zero attached hydrogens (tertiary/aromatic N) is 5. The zero-order chi connectivity index (χ0) is 10.4. The number of nitrogens with two attached hydrogens (primary N) is 1. The number of hydrogen-bond acceptors (Lipinski definition) is 6. The van der Waals surface area contributed by atoms with Crippen molar-refractivity contribution in [3.8, 4) is 0 Å². The van der Waals surface area contributed by atoms with Gasteiger partial charge in [-0.15, -0.1) is 0 Å². The minimum absolute atomic E-state index is 0.321. The lowest BCUT2D eigenvalue weighted by atomic mass is 10.6. The largest absolute Gasteiger partial charge is 0.378 e. The molecule has 0 bridgehead atoms. The summed E-state index contributed by atoms with van der Waals surface area (Å²) in [5, 5.41) is 10.7. The van der Waals surface area contributed by atoms with Crippen molar-refractivity contribution >= 4 is 5.95 Å². The molecule has 7 nitrogen and oxygen atoms in total. The fourth-order valence-corrected chi connectivity index (χ4v) is 0.871. The van der Waals surface area contributed by atoms with Gasteiger partial charge < -0.3 is 15.4 Å². The molecule has 1 rings (SSSR count). The molecule has 0 aliphatic heterocycles. The lowest BCUT2D eigenvalue weighted by Gasteiger charge is -2.09. The van der Waals surface area contributed by atoms with Gasteiger partial charge in [-0.25, -0.2) is 4.68 Å². The van der Waals surface area contributed by atoms with Crippen LogP contribution in [0.2, 0.25) is 0 Å². The molecule has 14 heavy (non-hydrogen) atoms. The van der Waals surface area contributed by atoms with E-state index in [1.807, 2.05) is 14.1 Å². The fraction of sp³-hybridized carbons (Fsp3) is 0.857. The zero-order valence-corrected chi connectivity index (χ0v) is 8.55. The third kappa shape index (κ3) is 3.67. The summed E-state index contributed by atoms with van der Waals surface area (Å²) in [5.41, 5.74) is 5.47. The molecule has 0 aromatic carbocycles. The molecule has 0 aliphatic rings. The van der Waals surface area contributed by atoms with Crippen LogP contribution in [0.3, 0.4) is 0 Å². The van der Waals surface area contributed by atoms with Crippen molar-refractivity contribution in [3.05, 3.63) is 0 Å². The molecule has 0 radical (unpaired) electrons. The predicted molar refractivity (Wildman–Crippen MR) is 51.6 cm³/mol. The standard InChI is InChI=1S/C7H16N6O/c1-12(2)3-5-14-6-4-13-7(8)9-10-11-13/h3-6H2,1-2H3,(H2,8,9,11). The van der Waals surface area contributed by atoms with Gasteiger partial charge in [0.25, 0.3) is 0 Å². The number of nitrogen functional groups attached to an aromatic ring is 1. The maximum Gasteiger partial charge on any atom is 0.240 e. The molecule has 0 unspecified atom stereocenters. The first-order chi connectivity index (χ1) is 6.70. The van der Waals surface area contributed by atoms with Crippen LogP contribution in [0, 0.1) is 0 Å². The van der Waals surface area contributed by atoms with Gasteiger partial charge in [-0.3, -0.25) is 0 Å². The third-order valence-electron chi connectivity index (χ3n) is 1.69. The molecular weight excluding hydrogens is 184 g/mol. The molecule has 1 aromatic heterocycles. The van der Waals surface area contributed by atoms with E-state index in [4.69, 9.17) is 10.5 Å². The second-order valence-corrected chi connectivity index (χ2v) is 3.18. The molecule has 2 N–H and O–H groups in total. The van der Waals surface area contributed by atoms with Gasteiger partial charge in [-0.2, -0.15) is 0 Å². The summed E-state index contributed by atoms with van der Waals surface area (Å²) in [6.45, 7) is 2.77. The number of likely N-dealkylation sites (N-methyl/N-ethyl adjacent to an activating group) is 1. The summed E-state index contributed by atoms with van der Waals surface area (Å²) in [6.07, 6.45) is 0. The normalized spacial score (nSPS) is 11.1. The van der Waals surface area contributed by atoms with Crippen LogP contribution < -0.4 is 5.73 Å². The topological polar surface area (TPSA) is 82.1 Å². The van der Waals surface area contributed by atoms with Crippen LogP contribution in [-0.4, -0.2) is 59.0 Å². The van der Waals surface area contributed by atoms with Gasteiger partial charge in [-0.05, 0) is 24.5 Å². The second-order valence-electron chi connectivity index (χ2n) is 3.18. The summed E-state index contributed by atoms with van der Waals surface area (Å²) in [5.74, 6) is 0.321. The Balaban J connectivity index is 2.08. The van der Waals surface area contributed by atoms with E-state index >= 15 is 0 Å². The second kappa shape index (κ2) is 5.51. The summed E-state index contributed by atoms with van der Waals surface area (Å²) in [7, 11) is 4.01. The maximum atomic E-state index is 5.47. The van der Waals surface area contributed by atoms with E-state index in [9.17, 15) is 0 Å². The van der Waals surface area contributed by atoms with E-state index in [0.29, 0.717) is 25.7 Å². The number of rotatable bonds is 6. The Bertz CT molecular complexity index is 260. The van der Waals surface area contributed by atoms with Crippen molar-refractivity contribution in [1.82, 2.24) is 25.1 Å². The van der Waals surface area contributed by atoms with Gasteiger partial charge in [0, 0.05) is 6.54 Å². The highest BCUT2D eigenvalue weighted by Crippen LogP contribution is 1.91. The Morgan fingerprint density at radius 3 is 2.79 bits per heavy atom. The van der Waals surface area contributed by atoms with E-state index in [1.165, 1.54) is 4.68 Å². The van der Waals surface area contributed by atoms with E-state index in [2.05, 4.69) is 20.4 Å². The molecule has 0 amide bonds. The van der Waals surface area contributed by atoms with Crippen molar-refractivity contribution < 1.29 is 4.74 Å². The highest BCUT2D eigenvalue weighted by atomic mass is 16.5. The molecule has 0 saturated heterocycles. The first kappa shape index (κ1) is 10.9. The van der Waals surface area contributed by atoms with Crippen LogP contribution in [0.5, 0.6) is 0 Å². The monoisotopic (exact) mass is 200 g/mol. The first-order valence-corrected chi connectivity index (χ1v) is 4.44. The lowest BCUT2D eigenvalue weighted by Crippen LogP contribution is -2.19. The number of tetrazole rings is 1. The van der Waals surface area contributed by atoms with Crippen molar-refractivity contribution in [2.75, 3.05) is 39.6 Å². The zero-order valence-electron chi connectivity index (χ0n) is 8.55. The highest BCUT2D eigenvalue weighted by Gasteiger charge is 1.99. The van der Waals surface area contributed by atoms with E-state index < -0.39 is 0 Å². The Morgan fingerprint density at radius 1 is 1.43 bits per heavy atom. The van der Waals surface area contributed by atoms with Gasteiger partial charge >= 0.3 is 0 Å². The summed E-state index contributed by atoms with van der Waals surface area (Å²) in [6, 6.07) is 0. The molecule has 1 aromatic rings. The smallest absolute Gasteiger partial charge is 0.240 e. The van der Waals surface area contributed by atoms with Crippen molar-refractivity contribution in [2.24, 2.45) is 0 Å². The van der Waals surface area contributed by atoms with Crippen LogP contribution in [0.25, 0.3) is 0 Å². The number of ether oxygens (including phenoxy) is 1. The molecule has 0 fully saturated rings. The van der Waals surface area contributed by atoms with Gasteiger partial charge in [0.15, 0.2) is 0 Å². The number of aromatic nitrogens is 4. The van der Waals surface area contributed by atoms with Crippen LogP contribution in [-0.2, 0) is 11.3 Å². The molecule has 0 saturated carbocycles. The van der Waals surface area contributed by atoms with Crippen molar-refractivity contribution in [3.63, 3.8) is 0 Å². The number of anilines is 1. The third-order valence-corrected chi connectivity index (χ3v) is 1.69. The van der Waals surface area contributed by atoms with Crippen LogP contribution in [0.15, 0.2) is 0 Å². The van der Waals surface area contributed by atoms with Gasteiger partial charge in [0.2, 0.25) is 5.95 Å². The minimum Gasteiger partial charge on any atom is -0.378 e. The van der Waals surface area contributed by atoms with Crippen LogP contribution in [0.4, 0.5) is 5.95 Å². The summed E-state index contributed by atoms with van der Waals surface area (Å²) < 4.78 is 6.87. The lowest BCUT2D eigenvalue weighted by molar-refractivity contribution is 0.109. The molecule has 80 valence electrons. The first-order valence-electron chi connectivity index (χ1n) is 4.44. The summed E-state index contributed by atoms with van der Waals surface area (Å²) in [4.78, 5) is 2.06. The van der Waals surface area contributed by atoms with E-state index in [1.54, 1.807) is 0 Å². The molecule has 0 spiro atoms. The van der Waals surface area contributed by atoms with Gasteiger partial charge in [0.1, 0.15) is 0 Å². The van der Waals surface area contributed by atoms with E-state index in [-0.39, 0.29) is 0 Å². The maximum absolute atomic E-state index is 5.47. The Labute approximate surface area is 82.8 Å².